The van der Waals surface area contributed by atoms with Crippen molar-refractivity contribution in [2.45, 2.75) is 13.0 Å². The quantitative estimate of drug-likeness (QED) is 0.737. The molecule has 0 heterocycles. The molecule has 0 saturated heterocycles. The molecule has 6 heteroatoms. The van der Waals surface area contributed by atoms with E-state index in [2.05, 4.69) is 5.32 Å². The van der Waals surface area contributed by atoms with Crippen molar-refractivity contribution in [3.8, 4) is 11.5 Å². The molecule has 0 saturated carbocycles. The molecule has 2 aromatic rings. The molecule has 0 spiro atoms. The Bertz CT molecular complexity index is 684. The van der Waals surface area contributed by atoms with E-state index in [0.717, 1.165) is 6.07 Å². The highest BCUT2D eigenvalue weighted by atomic mass is 16.5. The summed E-state index contributed by atoms with van der Waals surface area (Å²) in [5.41, 5.74) is -0.0981. The zero-order valence-electron chi connectivity index (χ0n) is 11.8. The number of nitrogens with one attached hydrogen (secondary N) is 1. The monoisotopic (exact) mass is 301 g/mol. The number of carboxylic acid groups (broad SMARTS) is 1. The molecule has 22 heavy (non-hydrogen) atoms. The summed E-state index contributed by atoms with van der Waals surface area (Å²) in [6, 6.07) is 12.5. The minimum absolute atomic E-state index is 0.0961. The topological polar surface area (TPSA) is 95.9 Å². The number of aromatic carboxylic acids is 1. The third kappa shape index (κ3) is 3.76. The molecule has 0 aliphatic heterocycles. The maximum Gasteiger partial charge on any atom is 0.337 e. The predicted octanol–water partition coefficient (Wildman–Crippen LogP) is 2.50. The van der Waals surface area contributed by atoms with Crippen LogP contribution in [-0.2, 0) is 4.79 Å². The first-order valence-corrected chi connectivity index (χ1v) is 6.56. The van der Waals surface area contributed by atoms with Crippen LogP contribution in [0.25, 0.3) is 0 Å². The highest BCUT2D eigenvalue weighted by Crippen LogP contribution is 2.22. The summed E-state index contributed by atoms with van der Waals surface area (Å²) in [6.45, 7) is 1.56. The van der Waals surface area contributed by atoms with Crippen molar-refractivity contribution in [1.82, 2.24) is 0 Å². The zero-order chi connectivity index (χ0) is 16.1. The minimum atomic E-state index is -1.25. The average molecular weight is 301 g/mol. The molecule has 0 unspecified atom stereocenters. The lowest BCUT2D eigenvalue weighted by Gasteiger charge is -2.15. The second kappa shape index (κ2) is 6.62. The van der Waals surface area contributed by atoms with E-state index >= 15 is 0 Å². The third-order valence-corrected chi connectivity index (χ3v) is 2.92. The molecule has 114 valence electrons. The highest BCUT2D eigenvalue weighted by Gasteiger charge is 2.18. The number of hydrogen-bond acceptors (Lipinski definition) is 4. The van der Waals surface area contributed by atoms with E-state index in [1.807, 2.05) is 6.07 Å². The number of carboxylic acids is 1. The van der Waals surface area contributed by atoms with Gasteiger partial charge in [-0.3, -0.25) is 4.79 Å². The molecule has 2 rings (SSSR count). The molecule has 0 fully saturated rings. The largest absolute Gasteiger partial charge is 0.508 e. The van der Waals surface area contributed by atoms with E-state index in [9.17, 15) is 14.7 Å². The van der Waals surface area contributed by atoms with Gasteiger partial charge in [-0.05, 0) is 37.3 Å². The van der Waals surface area contributed by atoms with Crippen molar-refractivity contribution < 1.29 is 24.5 Å². The van der Waals surface area contributed by atoms with Crippen LogP contribution in [0.2, 0.25) is 0 Å². The van der Waals surface area contributed by atoms with Crippen LogP contribution in [0.4, 0.5) is 5.69 Å². The molecule has 0 aromatic heterocycles. The van der Waals surface area contributed by atoms with Crippen molar-refractivity contribution in [2.24, 2.45) is 0 Å². The van der Waals surface area contributed by atoms with Crippen LogP contribution < -0.4 is 10.1 Å². The number of aromatic hydroxyl groups is 1. The first-order valence-electron chi connectivity index (χ1n) is 6.56. The number of anilines is 1. The Morgan fingerprint density at radius 2 is 1.82 bits per heavy atom. The Balaban J connectivity index is 2.10. The van der Waals surface area contributed by atoms with Gasteiger partial charge < -0.3 is 20.3 Å². The van der Waals surface area contributed by atoms with Gasteiger partial charge in [0.15, 0.2) is 6.10 Å². The zero-order valence-corrected chi connectivity index (χ0v) is 11.8. The van der Waals surface area contributed by atoms with Crippen LogP contribution in [0.1, 0.15) is 17.3 Å². The lowest BCUT2D eigenvalue weighted by molar-refractivity contribution is -0.122. The van der Waals surface area contributed by atoms with E-state index in [0.29, 0.717) is 5.75 Å². The van der Waals surface area contributed by atoms with Crippen molar-refractivity contribution in [3.05, 3.63) is 54.1 Å². The molecule has 3 N–H and O–H groups in total. The van der Waals surface area contributed by atoms with Gasteiger partial charge in [0.05, 0.1) is 11.3 Å². The number of carbonyl (C=O) groups is 2. The highest BCUT2D eigenvalue weighted by molar-refractivity contribution is 6.02. The van der Waals surface area contributed by atoms with Crippen LogP contribution in [0.3, 0.4) is 0 Å². The molecule has 0 aliphatic rings. The van der Waals surface area contributed by atoms with Crippen LogP contribution in [0.5, 0.6) is 11.5 Å². The number of phenolic OH excluding ortho intramolecular Hbond substituents is 1. The number of hydrogen-bond donors (Lipinski definition) is 3. The standard InChI is InChI=1S/C16H15NO5/c1-10(22-12-5-3-2-4-6-12)15(19)17-14-8-7-11(18)9-13(14)16(20)21/h2-10,18H,1H3,(H,17,19)(H,20,21)/t10-/m1/s1. The minimum Gasteiger partial charge on any atom is -0.508 e. The maximum absolute atomic E-state index is 12.1. The van der Waals surface area contributed by atoms with Crippen LogP contribution >= 0.6 is 0 Å². The van der Waals surface area contributed by atoms with Gasteiger partial charge in [-0.2, -0.15) is 0 Å². The fourth-order valence-electron chi connectivity index (χ4n) is 1.81. The molecule has 1 amide bonds. The molecule has 6 nitrogen and oxygen atoms in total. The summed E-state index contributed by atoms with van der Waals surface area (Å²) in [5, 5.41) is 20.9. The Hall–Kier alpha value is -3.02. The number of amides is 1. The molecule has 0 radical (unpaired) electrons. The number of para-hydroxylation sites is 1. The average Bonchev–Trinajstić information content (AvgIpc) is 2.49. The molecule has 2 aromatic carbocycles. The number of phenols is 1. The van der Waals surface area contributed by atoms with E-state index in [4.69, 9.17) is 9.84 Å². The van der Waals surface area contributed by atoms with Gasteiger partial charge in [0.2, 0.25) is 0 Å². The van der Waals surface area contributed by atoms with Gasteiger partial charge in [-0.25, -0.2) is 4.79 Å². The molecule has 1 atom stereocenters. The summed E-state index contributed by atoms with van der Waals surface area (Å²) >= 11 is 0. The van der Waals surface area contributed by atoms with Crippen LogP contribution in [0, 0.1) is 0 Å². The number of ether oxygens (including phenoxy) is 1. The summed E-state index contributed by atoms with van der Waals surface area (Å²) in [7, 11) is 0. The molecule has 0 aliphatic carbocycles. The van der Waals surface area contributed by atoms with Crippen molar-refractivity contribution >= 4 is 17.6 Å². The van der Waals surface area contributed by atoms with Crippen LogP contribution in [-0.4, -0.2) is 28.2 Å². The van der Waals surface area contributed by atoms with Gasteiger partial charge in [0.1, 0.15) is 11.5 Å². The van der Waals surface area contributed by atoms with Crippen molar-refractivity contribution in [2.75, 3.05) is 5.32 Å². The van der Waals surface area contributed by atoms with E-state index in [1.165, 1.54) is 12.1 Å². The second-order valence-electron chi connectivity index (χ2n) is 4.60. The Labute approximate surface area is 127 Å². The Morgan fingerprint density at radius 3 is 2.45 bits per heavy atom. The predicted molar refractivity (Wildman–Crippen MR) is 80.2 cm³/mol. The van der Waals surface area contributed by atoms with Gasteiger partial charge in [0.25, 0.3) is 5.91 Å². The Morgan fingerprint density at radius 1 is 1.14 bits per heavy atom. The summed E-state index contributed by atoms with van der Waals surface area (Å²) in [4.78, 5) is 23.2. The maximum atomic E-state index is 12.1. The van der Waals surface area contributed by atoms with Gasteiger partial charge >= 0.3 is 5.97 Å². The third-order valence-electron chi connectivity index (χ3n) is 2.92. The lowest BCUT2D eigenvalue weighted by Crippen LogP contribution is -2.30. The van der Waals surface area contributed by atoms with Crippen LogP contribution in [0.15, 0.2) is 48.5 Å². The smallest absolute Gasteiger partial charge is 0.337 e. The number of carbonyl (C=O) groups excluding carboxylic acids is 1. The van der Waals surface area contributed by atoms with E-state index in [-0.39, 0.29) is 17.0 Å². The summed E-state index contributed by atoms with van der Waals surface area (Å²) in [6.07, 6.45) is -0.808. The molecular weight excluding hydrogens is 286 g/mol. The Kier molecular flexibility index (Phi) is 4.63. The summed E-state index contributed by atoms with van der Waals surface area (Å²) < 4.78 is 5.46. The second-order valence-corrected chi connectivity index (χ2v) is 4.60. The van der Waals surface area contributed by atoms with Crippen molar-refractivity contribution in [3.63, 3.8) is 0 Å². The van der Waals surface area contributed by atoms with Gasteiger partial charge in [-0.15, -0.1) is 0 Å². The van der Waals surface area contributed by atoms with Gasteiger partial charge in [0, 0.05) is 0 Å². The van der Waals surface area contributed by atoms with Crippen molar-refractivity contribution in [1.29, 1.82) is 0 Å². The first-order chi connectivity index (χ1) is 10.5. The summed E-state index contributed by atoms with van der Waals surface area (Å²) in [5.74, 6) is -1.39. The first kappa shape index (κ1) is 15.4. The fraction of sp³-hybridized carbons (Fsp3) is 0.125. The van der Waals surface area contributed by atoms with E-state index in [1.54, 1.807) is 31.2 Å². The normalized spacial score (nSPS) is 11.5. The molecule has 0 bridgehead atoms. The lowest BCUT2D eigenvalue weighted by atomic mass is 10.1. The van der Waals surface area contributed by atoms with Gasteiger partial charge in [-0.1, -0.05) is 18.2 Å². The molecular formula is C16H15NO5. The fourth-order valence-corrected chi connectivity index (χ4v) is 1.81. The van der Waals surface area contributed by atoms with E-state index < -0.39 is 18.0 Å². The number of benzene rings is 2. The SMILES string of the molecule is C[C@@H](Oc1ccccc1)C(=O)Nc1ccc(O)cc1C(=O)O. The number of rotatable bonds is 5.